The lowest BCUT2D eigenvalue weighted by Crippen LogP contribution is -2.57. The molecule has 2 aliphatic heterocycles. The van der Waals surface area contributed by atoms with Crippen LogP contribution < -0.4 is 16.8 Å². The quantitative estimate of drug-likeness (QED) is 0.387. The average Bonchev–Trinajstić information content (AvgIpc) is 2.94. The molecule has 0 spiro atoms. The molecule has 12 heteroatoms. The number of fused-ring (bicyclic) bond motifs is 1. The van der Waals surface area contributed by atoms with Gasteiger partial charge in [-0.05, 0) is 24.1 Å². The minimum Gasteiger partial charge on any atom is -0.382 e. The van der Waals surface area contributed by atoms with E-state index in [4.69, 9.17) is 28.1 Å². The van der Waals surface area contributed by atoms with Crippen molar-refractivity contribution in [2.24, 2.45) is 4.99 Å². The first-order valence-corrected chi connectivity index (χ1v) is 13.3. The maximum absolute atomic E-state index is 15.1. The van der Waals surface area contributed by atoms with Gasteiger partial charge in [-0.15, -0.1) is 0 Å². The van der Waals surface area contributed by atoms with Crippen LogP contribution in [0.2, 0.25) is 5.02 Å². The summed E-state index contributed by atoms with van der Waals surface area (Å²) in [6.07, 6.45) is 0.517. The van der Waals surface area contributed by atoms with Gasteiger partial charge in [0, 0.05) is 38.3 Å². The summed E-state index contributed by atoms with van der Waals surface area (Å²) in [5.74, 6) is 0.0683. The van der Waals surface area contributed by atoms with Gasteiger partial charge in [0.25, 0.3) is 0 Å². The largest absolute Gasteiger partial charge is 0.382 e. The molecule has 1 aromatic heterocycles. The molecule has 0 aliphatic carbocycles. The first-order chi connectivity index (χ1) is 19.3. The number of hydrazine groups is 1. The highest BCUT2D eigenvalue weighted by Gasteiger charge is 2.36. The van der Waals surface area contributed by atoms with E-state index in [1.54, 1.807) is 0 Å². The summed E-state index contributed by atoms with van der Waals surface area (Å²) < 4.78 is 15.1. The van der Waals surface area contributed by atoms with Gasteiger partial charge in [0.15, 0.2) is 5.82 Å². The van der Waals surface area contributed by atoms with E-state index >= 15 is 4.39 Å². The number of nitrogens with zero attached hydrogens (tertiary/aromatic N) is 7. The summed E-state index contributed by atoms with van der Waals surface area (Å²) in [6, 6.07) is 14.7. The molecule has 10 nitrogen and oxygen atoms in total. The fourth-order valence-electron chi connectivity index (χ4n) is 5.03. The fraction of sp³-hybridized carbons (Fsp3) is 0.286. The molecular weight excluding hydrogens is 531 g/mol. The van der Waals surface area contributed by atoms with Gasteiger partial charge in [-0.1, -0.05) is 55.4 Å². The monoisotopic (exact) mass is 560 g/mol. The number of nitrogens with two attached hydrogens (primary N) is 2. The molecule has 0 radical (unpaired) electrons. The summed E-state index contributed by atoms with van der Waals surface area (Å²) >= 11 is 6.55. The molecule has 40 heavy (non-hydrogen) atoms. The Morgan fingerprint density at radius 3 is 2.52 bits per heavy atom. The van der Waals surface area contributed by atoms with Gasteiger partial charge in [-0.2, -0.15) is 15.2 Å². The second-order valence-corrected chi connectivity index (χ2v) is 10.0. The van der Waals surface area contributed by atoms with E-state index in [1.165, 1.54) is 17.7 Å². The molecule has 1 fully saturated rings. The number of halogens is 2. The number of benzene rings is 2. The van der Waals surface area contributed by atoms with E-state index < -0.39 is 11.9 Å². The Bertz CT molecular complexity index is 1500. The Labute approximate surface area is 237 Å². The third-order valence-electron chi connectivity index (χ3n) is 7.04. The second kappa shape index (κ2) is 11.5. The van der Waals surface area contributed by atoms with Gasteiger partial charge in [-0.3, -0.25) is 9.91 Å². The van der Waals surface area contributed by atoms with Crippen molar-refractivity contribution in [2.45, 2.75) is 25.9 Å². The zero-order valence-electron chi connectivity index (χ0n) is 22.1. The van der Waals surface area contributed by atoms with Crippen LogP contribution >= 0.6 is 11.6 Å². The van der Waals surface area contributed by atoms with Crippen molar-refractivity contribution in [2.75, 3.05) is 43.0 Å². The molecule has 5 rings (SSSR count). The number of aromatic nitrogens is 2. The summed E-state index contributed by atoms with van der Waals surface area (Å²) in [4.78, 5) is 15.3. The summed E-state index contributed by atoms with van der Waals surface area (Å²) in [5, 5.41) is 17.4. The van der Waals surface area contributed by atoms with E-state index in [1.807, 2.05) is 36.2 Å². The number of nitriles is 1. The zero-order chi connectivity index (χ0) is 28.4. The van der Waals surface area contributed by atoms with Crippen molar-refractivity contribution in [3.05, 3.63) is 76.6 Å². The lowest BCUT2D eigenvalue weighted by atomic mass is 10.0. The average molecular weight is 561 g/mol. The smallest absolute Gasteiger partial charge is 0.224 e. The Morgan fingerprint density at radius 1 is 1.12 bits per heavy atom. The molecule has 0 bridgehead atoms. The van der Waals surface area contributed by atoms with Crippen LogP contribution in [0.4, 0.5) is 27.7 Å². The van der Waals surface area contributed by atoms with E-state index in [9.17, 15) is 5.26 Å². The number of anilines is 3. The third-order valence-corrected chi connectivity index (χ3v) is 7.36. The highest BCUT2D eigenvalue weighted by molar-refractivity contribution is 6.33. The molecular formula is C28H30ClFN10. The first-order valence-electron chi connectivity index (χ1n) is 13.0. The molecule has 3 aromatic rings. The lowest BCUT2D eigenvalue weighted by molar-refractivity contribution is 0.0297. The lowest BCUT2D eigenvalue weighted by Gasteiger charge is -2.46. The fourth-order valence-corrected chi connectivity index (χ4v) is 5.30. The van der Waals surface area contributed by atoms with Gasteiger partial charge in [0.2, 0.25) is 5.95 Å². The topological polar surface area (TPSA) is 136 Å². The number of nitrogens with one attached hydrogen (secondary N) is 1. The SMILES string of the molecule is C=C1c2c(Cl)ccc(F)c2N=C([C@H](CC)Nc2nc(N)nc(N)c2C#N)N1N1CCN(Cc2ccccc2)CC1. The molecule has 3 heterocycles. The Kier molecular flexibility index (Phi) is 7.84. The van der Waals surface area contributed by atoms with Gasteiger partial charge in [0.1, 0.15) is 34.8 Å². The number of aliphatic imine (C=N–C) groups is 1. The normalized spacial score (nSPS) is 16.7. The van der Waals surface area contributed by atoms with Crippen LogP contribution in [0.15, 0.2) is 54.0 Å². The molecule has 1 saturated heterocycles. The molecule has 0 saturated carbocycles. The molecule has 2 aliphatic rings. The molecule has 2 aromatic carbocycles. The zero-order valence-corrected chi connectivity index (χ0v) is 22.9. The second-order valence-electron chi connectivity index (χ2n) is 9.60. The summed E-state index contributed by atoms with van der Waals surface area (Å²) in [5.41, 5.74) is 14.2. The Hall–Kier alpha value is -4.24. The third kappa shape index (κ3) is 5.29. The van der Waals surface area contributed by atoms with Crippen molar-refractivity contribution in [3.63, 3.8) is 0 Å². The van der Waals surface area contributed by atoms with Gasteiger partial charge in [-0.25, -0.2) is 14.4 Å². The van der Waals surface area contributed by atoms with Crippen LogP contribution in [-0.4, -0.2) is 62.9 Å². The number of hydrogen-bond acceptors (Lipinski definition) is 10. The molecule has 0 amide bonds. The van der Waals surface area contributed by atoms with Crippen LogP contribution in [0, 0.1) is 17.1 Å². The van der Waals surface area contributed by atoms with E-state index in [-0.39, 0.29) is 28.8 Å². The van der Waals surface area contributed by atoms with Gasteiger partial charge in [0.05, 0.1) is 16.8 Å². The van der Waals surface area contributed by atoms with Gasteiger partial charge < -0.3 is 16.8 Å². The van der Waals surface area contributed by atoms with E-state index in [0.29, 0.717) is 41.6 Å². The van der Waals surface area contributed by atoms with Crippen LogP contribution in [0.1, 0.15) is 30.0 Å². The first kappa shape index (κ1) is 27.3. The van der Waals surface area contributed by atoms with Crippen LogP contribution in [0.25, 0.3) is 5.70 Å². The number of amidine groups is 1. The number of piperazine rings is 1. The molecule has 0 unspecified atom stereocenters. The van der Waals surface area contributed by atoms with Gasteiger partial charge >= 0.3 is 0 Å². The minimum absolute atomic E-state index is 0.0306. The number of hydrogen-bond donors (Lipinski definition) is 3. The van der Waals surface area contributed by atoms with E-state index in [2.05, 4.69) is 43.9 Å². The van der Waals surface area contributed by atoms with Crippen molar-refractivity contribution in [1.29, 1.82) is 5.26 Å². The molecule has 206 valence electrons. The number of nitrogen functional groups attached to an aromatic ring is 2. The predicted octanol–water partition coefficient (Wildman–Crippen LogP) is 4.24. The summed E-state index contributed by atoms with van der Waals surface area (Å²) in [6.45, 7) is 10.1. The predicted molar refractivity (Wildman–Crippen MR) is 156 cm³/mol. The Balaban J connectivity index is 1.49. The highest BCUT2D eigenvalue weighted by Crippen LogP contribution is 2.41. The van der Waals surface area contributed by atoms with Crippen LogP contribution in [0.3, 0.4) is 0 Å². The molecule has 1 atom stereocenters. The van der Waals surface area contributed by atoms with Crippen molar-refractivity contribution >= 4 is 46.4 Å². The Morgan fingerprint density at radius 2 is 1.85 bits per heavy atom. The van der Waals surface area contributed by atoms with Crippen LogP contribution in [-0.2, 0) is 6.54 Å². The minimum atomic E-state index is -0.508. The van der Waals surface area contributed by atoms with Crippen molar-refractivity contribution in [3.8, 4) is 6.07 Å². The molecule has 5 N–H and O–H groups in total. The standard InChI is InChI=1S/C28H30ClFN10/c1-3-22(34-26-19(15-31)25(32)36-28(33)37-26)27-35-24-21(30)10-9-20(29)23(24)17(2)40(27)39-13-11-38(12-14-39)16-18-7-5-4-6-8-18/h4-10,22H,2-3,11-14,16H2,1H3,(H5,32,33,34,36,37)/t22-/m0/s1. The van der Waals surface area contributed by atoms with Crippen molar-refractivity contribution < 1.29 is 4.39 Å². The maximum Gasteiger partial charge on any atom is 0.224 e. The maximum atomic E-state index is 15.1. The number of rotatable bonds is 7. The van der Waals surface area contributed by atoms with Crippen molar-refractivity contribution in [1.82, 2.24) is 24.9 Å². The highest BCUT2D eigenvalue weighted by atomic mass is 35.5. The van der Waals surface area contributed by atoms with E-state index in [0.717, 1.165) is 19.6 Å². The summed E-state index contributed by atoms with van der Waals surface area (Å²) in [7, 11) is 0. The van der Waals surface area contributed by atoms with Crippen LogP contribution in [0.5, 0.6) is 0 Å².